The highest BCUT2D eigenvalue weighted by Crippen LogP contribution is 1.93. The van der Waals surface area contributed by atoms with Crippen LogP contribution in [0.15, 0.2) is 0 Å². The minimum atomic E-state index is -1.05. The molecule has 0 saturated heterocycles. The highest BCUT2D eigenvalue weighted by Gasteiger charge is 2.18. The first-order valence-electron chi connectivity index (χ1n) is 4.20. The Hall–Kier alpha value is -1.70. The molecule has 14 heavy (non-hydrogen) atoms. The van der Waals surface area contributed by atoms with Gasteiger partial charge in [-0.05, 0) is 6.42 Å². The number of terminal acetylenes is 1. The molecule has 0 rings (SSSR count). The fourth-order valence-corrected chi connectivity index (χ4v) is 0.806. The number of urea groups is 1. The second-order valence-corrected chi connectivity index (χ2v) is 2.81. The number of carboxylic acids is 1. The van der Waals surface area contributed by atoms with Gasteiger partial charge in [0.1, 0.15) is 6.04 Å². The molecule has 0 aromatic carbocycles. The van der Waals surface area contributed by atoms with Crippen molar-refractivity contribution in [2.24, 2.45) is 0 Å². The molecule has 0 aromatic rings. The summed E-state index contributed by atoms with van der Waals surface area (Å²) in [6, 6.07) is -1.33. The second kappa shape index (κ2) is 5.86. The van der Waals surface area contributed by atoms with Gasteiger partial charge in [-0.3, -0.25) is 0 Å². The Morgan fingerprint density at radius 2 is 2.21 bits per heavy atom. The van der Waals surface area contributed by atoms with Crippen LogP contribution in [0.1, 0.15) is 13.3 Å². The Morgan fingerprint density at radius 1 is 1.64 bits per heavy atom. The van der Waals surface area contributed by atoms with Gasteiger partial charge in [0.15, 0.2) is 0 Å². The molecule has 0 heterocycles. The zero-order chi connectivity index (χ0) is 11.1. The third-order valence-corrected chi connectivity index (χ3v) is 1.68. The van der Waals surface area contributed by atoms with E-state index in [-0.39, 0.29) is 6.54 Å². The molecule has 0 spiro atoms. The zero-order valence-corrected chi connectivity index (χ0v) is 8.28. The average Bonchev–Trinajstić information content (AvgIpc) is 2.13. The molecular weight excluding hydrogens is 184 g/mol. The van der Waals surface area contributed by atoms with Crippen LogP contribution in [0.3, 0.4) is 0 Å². The molecule has 0 aromatic heterocycles. The summed E-state index contributed by atoms with van der Waals surface area (Å²) in [6.45, 7) is 1.84. The van der Waals surface area contributed by atoms with Crippen molar-refractivity contribution in [2.75, 3.05) is 13.6 Å². The van der Waals surface area contributed by atoms with Crippen molar-refractivity contribution in [3.63, 3.8) is 0 Å². The van der Waals surface area contributed by atoms with Crippen LogP contribution in [-0.2, 0) is 4.79 Å². The van der Waals surface area contributed by atoms with Crippen LogP contribution in [0.5, 0.6) is 0 Å². The van der Waals surface area contributed by atoms with Crippen LogP contribution >= 0.6 is 0 Å². The van der Waals surface area contributed by atoms with Gasteiger partial charge in [0, 0.05) is 7.05 Å². The van der Waals surface area contributed by atoms with Gasteiger partial charge >= 0.3 is 12.0 Å². The van der Waals surface area contributed by atoms with E-state index in [1.165, 1.54) is 11.9 Å². The first kappa shape index (κ1) is 12.3. The van der Waals surface area contributed by atoms with Crippen molar-refractivity contribution in [3.05, 3.63) is 0 Å². The van der Waals surface area contributed by atoms with Crippen molar-refractivity contribution in [1.82, 2.24) is 10.2 Å². The number of amides is 2. The molecule has 2 N–H and O–H groups in total. The molecule has 0 fully saturated rings. The fourth-order valence-electron chi connectivity index (χ4n) is 0.806. The molecule has 0 aliphatic rings. The number of hydrogen-bond donors (Lipinski definition) is 2. The summed E-state index contributed by atoms with van der Waals surface area (Å²) in [5.74, 6) is 1.24. The predicted molar refractivity (Wildman–Crippen MR) is 51.7 cm³/mol. The predicted octanol–water partition coefficient (Wildman–Crippen LogP) is 0.124. The molecular formula is C9H14N2O3. The number of aliphatic carboxylic acids is 1. The van der Waals surface area contributed by atoms with Crippen LogP contribution in [0.2, 0.25) is 0 Å². The van der Waals surface area contributed by atoms with Crippen molar-refractivity contribution < 1.29 is 14.7 Å². The van der Waals surface area contributed by atoms with E-state index in [9.17, 15) is 9.59 Å². The minimum Gasteiger partial charge on any atom is -0.480 e. The van der Waals surface area contributed by atoms with Gasteiger partial charge in [0.25, 0.3) is 0 Å². The molecule has 5 heteroatoms. The van der Waals surface area contributed by atoms with Gasteiger partial charge in [-0.2, -0.15) is 0 Å². The summed E-state index contributed by atoms with van der Waals surface area (Å²) in [5.41, 5.74) is 0. The number of carboxylic acid groups (broad SMARTS) is 1. The SMILES string of the molecule is C#CCN(C)C(=O)N[C@H](CC)C(=O)O. The summed E-state index contributed by atoms with van der Waals surface area (Å²) in [7, 11) is 1.50. The summed E-state index contributed by atoms with van der Waals surface area (Å²) in [5, 5.41) is 11.0. The third kappa shape index (κ3) is 3.81. The van der Waals surface area contributed by atoms with Crippen LogP contribution in [0, 0.1) is 12.3 Å². The Labute approximate surface area is 83.1 Å². The van der Waals surface area contributed by atoms with Gasteiger partial charge in [-0.25, -0.2) is 9.59 Å². The molecule has 78 valence electrons. The zero-order valence-electron chi connectivity index (χ0n) is 8.28. The summed E-state index contributed by atoms with van der Waals surface area (Å²) in [6.07, 6.45) is 5.34. The highest BCUT2D eigenvalue weighted by atomic mass is 16.4. The van der Waals surface area contributed by atoms with Gasteiger partial charge in [0.05, 0.1) is 6.54 Å². The molecule has 1 atom stereocenters. The first-order chi connectivity index (χ1) is 6.52. The van der Waals surface area contributed by atoms with Crippen molar-refractivity contribution in [1.29, 1.82) is 0 Å². The first-order valence-corrected chi connectivity index (χ1v) is 4.20. The normalized spacial score (nSPS) is 11.2. The van der Waals surface area contributed by atoms with E-state index in [4.69, 9.17) is 11.5 Å². The van der Waals surface area contributed by atoms with E-state index in [0.29, 0.717) is 6.42 Å². The monoisotopic (exact) mass is 198 g/mol. The van der Waals surface area contributed by atoms with Gasteiger partial charge < -0.3 is 15.3 Å². The van der Waals surface area contributed by atoms with Crippen LogP contribution in [-0.4, -0.2) is 41.6 Å². The number of nitrogens with zero attached hydrogens (tertiary/aromatic N) is 1. The lowest BCUT2D eigenvalue weighted by Gasteiger charge is -2.18. The van der Waals surface area contributed by atoms with E-state index >= 15 is 0 Å². The fraction of sp³-hybridized carbons (Fsp3) is 0.556. The van der Waals surface area contributed by atoms with Gasteiger partial charge in [0.2, 0.25) is 0 Å². The lowest BCUT2D eigenvalue weighted by molar-refractivity contribution is -0.139. The molecule has 0 bridgehead atoms. The Kier molecular flexibility index (Phi) is 5.15. The van der Waals surface area contributed by atoms with Gasteiger partial charge in [-0.15, -0.1) is 6.42 Å². The lowest BCUT2D eigenvalue weighted by atomic mass is 10.2. The molecule has 0 saturated carbocycles. The quantitative estimate of drug-likeness (QED) is 0.630. The number of nitrogens with one attached hydrogen (secondary N) is 1. The molecule has 5 nitrogen and oxygen atoms in total. The average molecular weight is 198 g/mol. The number of carbonyl (C=O) groups excluding carboxylic acids is 1. The highest BCUT2D eigenvalue weighted by molar-refractivity contribution is 5.82. The van der Waals surface area contributed by atoms with Crippen LogP contribution in [0.25, 0.3) is 0 Å². The molecule has 0 aliphatic carbocycles. The maximum absolute atomic E-state index is 11.3. The molecule has 0 aliphatic heterocycles. The minimum absolute atomic E-state index is 0.155. The second-order valence-electron chi connectivity index (χ2n) is 2.81. The number of hydrogen-bond acceptors (Lipinski definition) is 2. The number of rotatable bonds is 4. The smallest absolute Gasteiger partial charge is 0.326 e. The number of carbonyl (C=O) groups is 2. The summed E-state index contributed by atoms with van der Waals surface area (Å²) < 4.78 is 0. The van der Waals surface area contributed by atoms with Gasteiger partial charge in [-0.1, -0.05) is 12.8 Å². The summed E-state index contributed by atoms with van der Waals surface area (Å²) in [4.78, 5) is 23.1. The van der Waals surface area contributed by atoms with E-state index in [0.717, 1.165) is 0 Å². The van der Waals surface area contributed by atoms with Crippen molar-refractivity contribution >= 4 is 12.0 Å². The standard InChI is InChI=1S/C9H14N2O3/c1-4-6-11(3)9(14)10-7(5-2)8(12)13/h1,7H,5-6H2,2-3H3,(H,10,14)(H,12,13)/t7-/m1/s1. The molecule has 0 radical (unpaired) electrons. The Bertz CT molecular complexity index is 257. The largest absolute Gasteiger partial charge is 0.480 e. The van der Waals surface area contributed by atoms with Crippen molar-refractivity contribution in [2.45, 2.75) is 19.4 Å². The van der Waals surface area contributed by atoms with Crippen LogP contribution < -0.4 is 5.32 Å². The van der Waals surface area contributed by atoms with E-state index in [1.54, 1.807) is 6.92 Å². The maximum Gasteiger partial charge on any atom is 0.326 e. The van der Waals surface area contributed by atoms with Crippen LogP contribution in [0.4, 0.5) is 4.79 Å². The maximum atomic E-state index is 11.3. The lowest BCUT2D eigenvalue weighted by Crippen LogP contribution is -2.46. The Balaban J connectivity index is 4.16. The van der Waals surface area contributed by atoms with E-state index in [1.807, 2.05) is 0 Å². The van der Waals surface area contributed by atoms with Crippen molar-refractivity contribution in [3.8, 4) is 12.3 Å². The summed E-state index contributed by atoms with van der Waals surface area (Å²) >= 11 is 0. The molecule has 2 amide bonds. The van der Waals surface area contributed by atoms with E-state index < -0.39 is 18.0 Å². The molecule has 0 unspecified atom stereocenters. The Morgan fingerprint density at radius 3 is 2.57 bits per heavy atom. The third-order valence-electron chi connectivity index (χ3n) is 1.68. The van der Waals surface area contributed by atoms with E-state index in [2.05, 4.69) is 11.2 Å². The topological polar surface area (TPSA) is 69.6 Å².